The second-order valence-corrected chi connectivity index (χ2v) is 1.28. The third-order valence-electron chi connectivity index (χ3n) is 0.700. The summed E-state index contributed by atoms with van der Waals surface area (Å²) in [5, 5.41) is 11.3. The van der Waals surface area contributed by atoms with Gasteiger partial charge >= 0.3 is 5.97 Å². The Kier molecular flexibility index (Phi) is 1.35. The first-order valence-corrected chi connectivity index (χ1v) is 2.10. The summed E-state index contributed by atoms with van der Waals surface area (Å²) in [5.74, 6) is -1.10. The number of carboxylic acids is 1. The number of carboxylic acid groups (broad SMARTS) is 1. The standard InChI is InChI=1S/C4H3NO4/c6-4(7)3-1-5-9-8-2-3/h1-2H,(H,6,7). The predicted octanol–water partition coefficient (Wildman–Crippen LogP) is -0.0975. The molecular weight excluding hydrogens is 126 g/mol. The van der Waals surface area contributed by atoms with Crippen LogP contribution in [0.25, 0.3) is 0 Å². The number of rotatable bonds is 1. The summed E-state index contributed by atoms with van der Waals surface area (Å²) < 4.78 is 0. The van der Waals surface area contributed by atoms with E-state index in [9.17, 15) is 4.79 Å². The maximum Gasteiger partial charge on any atom is 0.340 e. The van der Waals surface area contributed by atoms with Crippen molar-refractivity contribution in [3.8, 4) is 0 Å². The molecule has 0 saturated heterocycles. The number of hydrogen-bond donors (Lipinski definition) is 1. The Labute approximate surface area is 50.1 Å². The minimum atomic E-state index is -1.10. The van der Waals surface area contributed by atoms with Crippen LogP contribution in [-0.4, -0.2) is 17.3 Å². The van der Waals surface area contributed by atoms with Gasteiger partial charge in [0.05, 0.1) is 6.21 Å². The van der Waals surface area contributed by atoms with E-state index < -0.39 is 5.97 Å². The van der Waals surface area contributed by atoms with Gasteiger partial charge < -0.3 is 5.11 Å². The lowest BCUT2D eigenvalue weighted by atomic mass is 10.3. The summed E-state index contributed by atoms with van der Waals surface area (Å²) >= 11 is 0. The zero-order valence-corrected chi connectivity index (χ0v) is 4.27. The van der Waals surface area contributed by atoms with E-state index in [2.05, 4.69) is 15.0 Å². The molecule has 1 rings (SSSR count). The van der Waals surface area contributed by atoms with Gasteiger partial charge in [-0.05, 0) is 5.16 Å². The maximum absolute atomic E-state index is 10.1. The van der Waals surface area contributed by atoms with Crippen molar-refractivity contribution in [2.24, 2.45) is 5.16 Å². The second-order valence-electron chi connectivity index (χ2n) is 1.28. The molecule has 0 aliphatic carbocycles. The largest absolute Gasteiger partial charge is 0.478 e. The molecule has 1 N–H and O–H groups in total. The first kappa shape index (κ1) is 5.61. The van der Waals surface area contributed by atoms with E-state index in [4.69, 9.17) is 5.11 Å². The van der Waals surface area contributed by atoms with E-state index in [1.54, 1.807) is 0 Å². The summed E-state index contributed by atoms with van der Waals surface area (Å²) in [6.45, 7) is 0. The van der Waals surface area contributed by atoms with Crippen LogP contribution in [0.1, 0.15) is 0 Å². The molecule has 0 aromatic heterocycles. The molecule has 0 aromatic carbocycles. The van der Waals surface area contributed by atoms with Crippen molar-refractivity contribution < 1.29 is 19.8 Å². The monoisotopic (exact) mass is 129 g/mol. The molecule has 5 heteroatoms. The van der Waals surface area contributed by atoms with Crippen molar-refractivity contribution in [1.82, 2.24) is 0 Å². The Morgan fingerprint density at radius 2 is 2.56 bits per heavy atom. The highest BCUT2D eigenvalue weighted by atomic mass is 17.3. The average molecular weight is 129 g/mol. The Hall–Kier alpha value is -1.52. The molecule has 0 saturated carbocycles. The van der Waals surface area contributed by atoms with E-state index in [0.29, 0.717) is 0 Å². The van der Waals surface area contributed by atoms with E-state index in [1.807, 2.05) is 0 Å². The Morgan fingerprint density at radius 3 is 2.89 bits per heavy atom. The normalized spacial score (nSPS) is 15.3. The van der Waals surface area contributed by atoms with E-state index in [-0.39, 0.29) is 5.57 Å². The van der Waals surface area contributed by atoms with Crippen molar-refractivity contribution >= 4 is 12.2 Å². The molecule has 0 spiro atoms. The van der Waals surface area contributed by atoms with Crippen LogP contribution < -0.4 is 0 Å². The summed E-state index contributed by atoms with van der Waals surface area (Å²) in [6, 6.07) is 0. The third kappa shape index (κ3) is 1.18. The van der Waals surface area contributed by atoms with Crippen LogP contribution in [0.4, 0.5) is 0 Å². The second kappa shape index (κ2) is 2.17. The van der Waals surface area contributed by atoms with Crippen molar-refractivity contribution in [1.29, 1.82) is 0 Å². The summed E-state index contributed by atoms with van der Waals surface area (Å²) in [5.41, 5.74) is -0.0405. The molecule has 0 aromatic rings. The highest BCUT2D eigenvalue weighted by Gasteiger charge is 2.07. The molecule has 0 unspecified atom stereocenters. The fourth-order valence-corrected chi connectivity index (χ4v) is 0.313. The summed E-state index contributed by atoms with van der Waals surface area (Å²) in [4.78, 5) is 18.1. The Balaban J connectivity index is 2.69. The van der Waals surface area contributed by atoms with Crippen molar-refractivity contribution in [3.05, 3.63) is 11.8 Å². The first-order valence-electron chi connectivity index (χ1n) is 2.10. The van der Waals surface area contributed by atoms with Gasteiger partial charge in [0.1, 0.15) is 5.57 Å². The lowest BCUT2D eigenvalue weighted by molar-refractivity contribution is -0.252. The van der Waals surface area contributed by atoms with Gasteiger partial charge in [0, 0.05) is 0 Å². The van der Waals surface area contributed by atoms with Crippen molar-refractivity contribution in [2.45, 2.75) is 0 Å². The number of aliphatic carboxylic acids is 1. The number of oxime groups is 1. The van der Waals surface area contributed by atoms with E-state index in [0.717, 1.165) is 12.5 Å². The highest BCUT2D eigenvalue weighted by molar-refractivity contribution is 6.08. The van der Waals surface area contributed by atoms with Crippen molar-refractivity contribution in [2.75, 3.05) is 0 Å². The van der Waals surface area contributed by atoms with Gasteiger partial charge in [-0.25, -0.2) is 4.79 Å². The molecule has 0 bridgehead atoms. The molecule has 48 valence electrons. The van der Waals surface area contributed by atoms with Gasteiger partial charge in [0.2, 0.25) is 0 Å². The van der Waals surface area contributed by atoms with Gasteiger partial charge in [-0.3, -0.25) is 4.89 Å². The minimum Gasteiger partial charge on any atom is -0.478 e. The first-order chi connectivity index (χ1) is 4.30. The van der Waals surface area contributed by atoms with E-state index in [1.165, 1.54) is 0 Å². The third-order valence-corrected chi connectivity index (χ3v) is 0.700. The molecular formula is C4H3NO4. The topological polar surface area (TPSA) is 68.1 Å². The fraction of sp³-hybridized carbons (Fsp3) is 0. The summed E-state index contributed by atoms with van der Waals surface area (Å²) in [6.07, 6.45) is 2.00. The smallest absolute Gasteiger partial charge is 0.340 e. The van der Waals surface area contributed by atoms with Crippen LogP contribution in [0, 0.1) is 0 Å². The Bertz CT molecular complexity index is 183. The van der Waals surface area contributed by atoms with Crippen LogP contribution in [0.2, 0.25) is 0 Å². The molecule has 0 radical (unpaired) electrons. The van der Waals surface area contributed by atoms with E-state index >= 15 is 0 Å². The van der Waals surface area contributed by atoms with Crippen LogP contribution in [0.15, 0.2) is 17.0 Å². The van der Waals surface area contributed by atoms with Gasteiger partial charge in [0.25, 0.3) is 0 Å². The maximum atomic E-state index is 10.1. The molecule has 1 aliphatic heterocycles. The number of hydrogen-bond acceptors (Lipinski definition) is 4. The van der Waals surface area contributed by atoms with Crippen LogP contribution >= 0.6 is 0 Å². The fourth-order valence-electron chi connectivity index (χ4n) is 0.313. The van der Waals surface area contributed by atoms with Crippen LogP contribution in [0.3, 0.4) is 0 Å². The van der Waals surface area contributed by atoms with Gasteiger partial charge in [-0.2, -0.15) is 4.99 Å². The number of carbonyl (C=O) groups is 1. The molecule has 9 heavy (non-hydrogen) atoms. The zero-order valence-electron chi connectivity index (χ0n) is 4.27. The summed E-state index contributed by atoms with van der Waals surface area (Å²) in [7, 11) is 0. The minimum absolute atomic E-state index is 0.0405. The van der Waals surface area contributed by atoms with Gasteiger partial charge in [0.15, 0.2) is 6.26 Å². The van der Waals surface area contributed by atoms with Crippen LogP contribution in [-0.2, 0) is 14.7 Å². The Morgan fingerprint density at radius 1 is 1.78 bits per heavy atom. The molecule has 0 atom stereocenters. The lowest BCUT2D eigenvalue weighted by Gasteiger charge is -1.98. The average Bonchev–Trinajstić information content (AvgIpc) is 1.90. The van der Waals surface area contributed by atoms with Crippen LogP contribution in [0.5, 0.6) is 0 Å². The molecule has 1 aliphatic rings. The lowest BCUT2D eigenvalue weighted by Crippen LogP contribution is -2.05. The van der Waals surface area contributed by atoms with Gasteiger partial charge in [-0.15, -0.1) is 0 Å². The molecule has 0 fully saturated rings. The highest BCUT2D eigenvalue weighted by Crippen LogP contribution is 1.98. The zero-order chi connectivity index (χ0) is 6.69. The SMILES string of the molecule is O=C(O)C1=COON=C1. The number of nitrogens with zero attached hydrogens (tertiary/aromatic N) is 1. The molecule has 5 nitrogen and oxygen atoms in total. The molecule has 1 heterocycles. The van der Waals surface area contributed by atoms with Gasteiger partial charge in [-0.1, -0.05) is 0 Å². The quantitative estimate of drug-likeness (QED) is 0.502. The predicted molar refractivity (Wildman–Crippen MR) is 26.4 cm³/mol. The van der Waals surface area contributed by atoms with Crippen molar-refractivity contribution in [3.63, 3.8) is 0 Å². The molecule has 0 amide bonds.